The van der Waals surface area contributed by atoms with Crippen molar-refractivity contribution in [3.8, 4) is 5.88 Å². The number of ether oxygens (including phenoxy) is 3. The van der Waals surface area contributed by atoms with Crippen LogP contribution in [0.1, 0.15) is 50.4 Å². The van der Waals surface area contributed by atoms with Gasteiger partial charge in [-0.25, -0.2) is 14.2 Å². The Morgan fingerprint density at radius 2 is 1.83 bits per heavy atom. The first-order valence-electron chi connectivity index (χ1n) is 16.5. The molecule has 4 heterocycles. The van der Waals surface area contributed by atoms with Gasteiger partial charge in [0.25, 0.3) is 0 Å². The van der Waals surface area contributed by atoms with Gasteiger partial charge in [0.2, 0.25) is 11.8 Å². The van der Waals surface area contributed by atoms with Crippen molar-refractivity contribution in [2.45, 2.75) is 70.8 Å². The van der Waals surface area contributed by atoms with Crippen molar-refractivity contribution >= 4 is 23.7 Å². The van der Waals surface area contributed by atoms with Gasteiger partial charge in [0.1, 0.15) is 24.7 Å². The fourth-order valence-corrected chi connectivity index (χ4v) is 7.06. The molecule has 3 aliphatic heterocycles. The summed E-state index contributed by atoms with van der Waals surface area (Å²) >= 11 is 0. The van der Waals surface area contributed by atoms with Gasteiger partial charge < -0.3 is 29.1 Å². The van der Waals surface area contributed by atoms with Gasteiger partial charge in [-0.2, -0.15) is 0 Å². The number of fused-ring (bicyclic) bond motifs is 1. The Labute approximate surface area is 274 Å². The Kier molecular flexibility index (Phi) is 9.95. The van der Waals surface area contributed by atoms with Gasteiger partial charge in [-0.15, -0.1) is 0 Å². The van der Waals surface area contributed by atoms with Crippen LogP contribution in [0.2, 0.25) is 0 Å². The van der Waals surface area contributed by atoms with Crippen LogP contribution in [-0.4, -0.2) is 119 Å². The molecule has 254 valence electrons. The van der Waals surface area contributed by atoms with Crippen molar-refractivity contribution < 1.29 is 38.1 Å². The summed E-state index contributed by atoms with van der Waals surface area (Å²) in [6.07, 6.45) is 1.80. The quantitative estimate of drug-likeness (QED) is 0.404. The van der Waals surface area contributed by atoms with E-state index in [9.17, 15) is 23.9 Å². The summed E-state index contributed by atoms with van der Waals surface area (Å²) in [4.78, 5) is 50.6. The van der Waals surface area contributed by atoms with E-state index in [1.54, 1.807) is 17.0 Å². The van der Waals surface area contributed by atoms with Crippen LogP contribution in [0.3, 0.4) is 0 Å². The van der Waals surface area contributed by atoms with Gasteiger partial charge in [-0.05, 0) is 68.4 Å². The molecule has 1 aromatic carbocycles. The molecular weight excluding hydrogens is 609 g/mol. The number of nitrogens with zero attached hydrogens (tertiary/aromatic N) is 5. The van der Waals surface area contributed by atoms with Crippen molar-refractivity contribution in [2.75, 3.05) is 57.4 Å². The van der Waals surface area contributed by atoms with E-state index in [2.05, 4.69) is 9.80 Å². The average molecular weight is 654 g/mol. The molecule has 6 rings (SSSR count). The molecule has 2 amide bonds. The van der Waals surface area contributed by atoms with Crippen LogP contribution in [0.25, 0.3) is 0 Å². The third-order valence-corrected chi connectivity index (χ3v) is 9.72. The molecule has 4 atom stereocenters. The Bertz CT molecular complexity index is 1470. The second kappa shape index (κ2) is 14.1. The van der Waals surface area contributed by atoms with E-state index in [0.717, 1.165) is 17.7 Å². The number of benzene rings is 1. The monoisotopic (exact) mass is 653 g/mol. The van der Waals surface area contributed by atoms with Crippen LogP contribution >= 0.6 is 0 Å². The molecule has 12 nitrogen and oxygen atoms in total. The van der Waals surface area contributed by atoms with Gasteiger partial charge in [0.15, 0.2) is 0 Å². The predicted molar refractivity (Wildman–Crippen MR) is 170 cm³/mol. The van der Waals surface area contributed by atoms with E-state index in [1.807, 2.05) is 19.9 Å². The number of esters is 1. The lowest BCUT2D eigenvalue weighted by molar-refractivity contribution is -0.142. The van der Waals surface area contributed by atoms with Crippen LogP contribution in [0.4, 0.5) is 14.9 Å². The van der Waals surface area contributed by atoms with E-state index in [-0.39, 0.29) is 55.5 Å². The summed E-state index contributed by atoms with van der Waals surface area (Å²) in [5.41, 5.74) is 2.58. The summed E-state index contributed by atoms with van der Waals surface area (Å²) in [5.74, 6) is -0.0361. The summed E-state index contributed by atoms with van der Waals surface area (Å²) in [6.45, 7) is 8.92. The minimum atomic E-state index is -0.950. The molecule has 2 aromatic rings. The maximum atomic E-state index is 14.3. The number of hydrogen-bond donors (Lipinski definition) is 1. The number of rotatable bonds is 9. The highest BCUT2D eigenvalue weighted by Crippen LogP contribution is 2.38. The van der Waals surface area contributed by atoms with Crippen molar-refractivity contribution in [3.63, 3.8) is 0 Å². The highest BCUT2D eigenvalue weighted by molar-refractivity contribution is 5.97. The summed E-state index contributed by atoms with van der Waals surface area (Å²) in [6, 6.07) is 7.59. The molecule has 0 spiro atoms. The smallest absolute Gasteiger partial charge is 0.407 e. The second-order valence-electron chi connectivity index (χ2n) is 13.3. The molecule has 2 unspecified atom stereocenters. The molecule has 1 aromatic heterocycles. The Balaban J connectivity index is 1.27. The normalized spacial score (nSPS) is 25.2. The largest absolute Gasteiger partial charge is 0.474 e. The van der Waals surface area contributed by atoms with E-state index < -0.39 is 12.1 Å². The SMILES string of the molecule is CC(=O)OCc1nc2c(cc1Cc1ccc(F)cc1)N(C(=O)CN1C[C@@H](C)N(C(=O)O)C[C@@H]1CN1CCOCC1C1CC1)C(C)CO2. The van der Waals surface area contributed by atoms with E-state index in [4.69, 9.17) is 19.2 Å². The zero-order chi connectivity index (χ0) is 33.2. The lowest BCUT2D eigenvalue weighted by Gasteiger charge is -2.47. The highest BCUT2D eigenvalue weighted by Gasteiger charge is 2.42. The number of carbonyl (C=O) groups is 3. The number of anilines is 1. The molecule has 2 saturated heterocycles. The van der Waals surface area contributed by atoms with Gasteiger partial charge in [0, 0.05) is 51.2 Å². The van der Waals surface area contributed by atoms with Gasteiger partial charge >= 0.3 is 12.1 Å². The number of carboxylic acid groups (broad SMARTS) is 1. The molecule has 4 aliphatic rings. The minimum Gasteiger partial charge on any atom is -0.474 e. The number of pyridine rings is 1. The van der Waals surface area contributed by atoms with E-state index in [0.29, 0.717) is 62.6 Å². The summed E-state index contributed by atoms with van der Waals surface area (Å²) in [7, 11) is 0. The van der Waals surface area contributed by atoms with Crippen LogP contribution in [0, 0.1) is 11.7 Å². The molecule has 47 heavy (non-hydrogen) atoms. The standard InChI is InChI=1S/C34H44FN5O7/c1-21-14-38(28(16-39(21)34(43)44)15-37-10-11-45-20-31(37)25-6-7-25)17-32(42)40-22(2)18-47-33-30(40)13-26(29(36-33)19-46-23(3)41)12-24-4-8-27(35)9-5-24/h4-5,8-9,13,21-22,25,28,31H,6-7,10-12,14-20H2,1-3H3,(H,43,44)/t21-,22?,28+,31?/m1/s1. The molecular formula is C34H44FN5O7. The molecule has 13 heteroatoms. The number of piperazine rings is 1. The highest BCUT2D eigenvalue weighted by atomic mass is 19.1. The number of amides is 2. The Hall–Kier alpha value is -3.81. The summed E-state index contributed by atoms with van der Waals surface area (Å²) < 4.78 is 30.7. The maximum Gasteiger partial charge on any atom is 0.407 e. The van der Waals surface area contributed by atoms with Crippen LogP contribution in [0.15, 0.2) is 30.3 Å². The average Bonchev–Trinajstić information content (AvgIpc) is 3.88. The molecule has 3 fully saturated rings. The zero-order valence-corrected chi connectivity index (χ0v) is 27.3. The molecule has 1 saturated carbocycles. The Morgan fingerprint density at radius 3 is 2.53 bits per heavy atom. The number of morpholine rings is 1. The van der Waals surface area contributed by atoms with Crippen molar-refractivity contribution in [2.24, 2.45) is 5.92 Å². The van der Waals surface area contributed by atoms with E-state index in [1.165, 1.54) is 36.8 Å². The van der Waals surface area contributed by atoms with Crippen LogP contribution < -0.4 is 9.64 Å². The zero-order valence-electron chi connectivity index (χ0n) is 27.3. The van der Waals surface area contributed by atoms with Gasteiger partial charge in [-0.1, -0.05) is 12.1 Å². The second-order valence-corrected chi connectivity index (χ2v) is 13.3. The van der Waals surface area contributed by atoms with Crippen molar-refractivity contribution in [3.05, 3.63) is 53.0 Å². The number of carbonyl (C=O) groups excluding carboxylic acids is 2. The lowest BCUT2D eigenvalue weighted by Crippen LogP contribution is -2.64. The van der Waals surface area contributed by atoms with Crippen molar-refractivity contribution in [1.82, 2.24) is 19.7 Å². The minimum absolute atomic E-state index is 0.0667. The molecule has 0 bridgehead atoms. The maximum absolute atomic E-state index is 14.3. The number of halogens is 1. The Morgan fingerprint density at radius 1 is 1.06 bits per heavy atom. The lowest BCUT2D eigenvalue weighted by atomic mass is 10.0. The first-order valence-corrected chi connectivity index (χ1v) is 16.5. The third-order valence-electron chi connectivity index (χ3n) is 9.72. The number of aromatic nitrogens is 1. The molecule has 1 aliphatic carbocycles. The number of hydrogen-bond acceptors (Lipinski definition) is 9. The van der Waals surface area contributed by atoms with Crippen LogP contribution in [-0.2, 0) is 32.1 Å². The fraction of sp³-hybridized carbons (Fsp3) is 0.588. The summed E-state index contributed by atoms with van der Waals surface area (Å²) in [5, 5.41) is 9.97. The van der Waals surface area contributed by atoms with Crippen molar-refractivity contribution in [1.29, 1.82) is 0 Å². The molecule has 1 N–H and O–H groups in total. The third kappa shape index (κ3) is 7.68. The first kappa shape index (κ1) is 33.1. The topological polar surface area (TPSA) is 125 Å². The predicted octanol–water partition coefficient (Wildman–Crippen LogP) is 3.15. The first-order chi connectivity index (χ1) is 22.6. The van der Waals surface area contributed by atoms with Crippen LogP contribution in [0.5, 0.6) is 5.88 Å². The molecule has 0 radical (unpaired) electrons. The van der Waals surface area contributed by atoms with Gasteiger partial charge in [0.05, 0.1) is 31.5 Å². The van der Waals surface area contributed by atoms with Gasteiger partial charge in [-0.3, -0.25) is 19.4 Å². The fourth-order valence-electron chi connectivity index (χ4n) is 7.06. The van der Waals surface area contributed by atoms with E-state index >= 15 is 0 Å².